The Labute approximate surface area is 225 Å². The Kier molecular flexibility index (Phi) is 9.15. The normalized spacial score (nSPS) is 17.9. The van der Waals surface area contributed by atoms with Gasteiger partial charge >= 0.3 is 24.2 Å². The minimum atomic E-state index is -5.04. The summed E-state index contributed by atoms with van der Waals surface area (Å²) in [6.07, 6.45) is -10.0. The predicted molar refractivity (Wildman–Crippen MR) is 128 cm³/mol. The van der Waals surface area contributed by atoms with Gasteiger partial charge in [0.25, 0.3) is 0 Å². The number of amides is 2. The number of hydrogen-bond acceptors (Lipinski definition) is 4. The lowest BCUT2D eigenvalue weighted by atomic mass is 9.78. The molecule has 2 aromatic carbocycles. The largest absolute Gasteiger partial charge is 0.459 e. The Morgan fingerprint density at radius 2 is 1.60 bits per heavy atom. The Hall–Kier alpha value is -3.64. The van der Waals surface area contributed by atoms with E-state index < -0.39 is 65.5 Å². The van der Waals surface area contributed by atoms with Crippen LogP contribution in [0.4, 0.5) is 30.7 Å². The summed E-state index contributed by atoms with van der Waals surface area (Å²) in [5, 5.41) is 0. The Balaban J connectivity index is 1.93. The van der Waals surface area contributed by atoms with Gasteiger partial charge in [-0.2, -0.15) is 26.3 Å². The van der Waals surface area contributed by atoms with Gasteiger partial charge in [-0.3, -0.25) is 9.59 Å². The van der Waals surface area contributed by atoms with Gasteiger partial charge in [0.2, 0.25) is 5.91 Å². The number of likely N-dealkylation sites (tertiary alicyclic amines) is 1. The van der Waals surface area contributed by atoms with Crippen molar-refractivity contribution in [3.05, 3.63) is 70.0 Å². The van der Waals surface area contributed by atoms with Gasteiger partial charge in [-0.15, -0.1) is 0 Å². The molecule has 13 heteroatoms. The summed E-state index contributed by atoms with van der Waals surface area (Å²) in [4.78, 5) is 40.4. The van der Waals surface area contributed by atoms with Gasteiger partial charge in [-0.1, -0.05) is 6.07 Å². The quantitative estimate of drug-likeness (QED) is 0.275. The topological polar surface area (TPSA) is 66.9 Å². The van der Waals surface area contributed by atoms with E-state index >= 15 is 0 Å². The monoisotopic (exact) mass is 576 g/mol. The Morgan fingerprint density at radius 1 is 1.00 bits per heavy atom. The molecule has 0 unspecified atom stereocenters. The van der Waals surface area contributed by atoms with Crippen LogP contribution in [0.5, 0.6) is 0 Å². The first-order valence-electron chi connectivity index (χ1n) is 12.3. The standard InChI is InChI=1S/C27H27F7N2O4/c1-4-40-25(39)24(38)36-8-7-21(22(14-36)20-6-5-19(28)9-15(20)2)23(37)35(3)13-16-10-17(26(29,30)31)12-18(11-16)27(32,33)34/h5-6,9-12,21-22H,4,7-8,13-14H2,1-3H3/t21-,22+/m1/s1. The minimum Gasteiger partial charge on any atom is -0.459 e. The summed E-state index contributed by atoms with van der Waals surface area (Å²) >= 11 is 0. The first kappa shape index (κ1) is 30.9. The summed E-state index contributed by atoms with van der Waals surface area (Å²) in [7, 11) is 1.25. The van der Waals surface area contributed by atoms with E-state index in [1.807, 2.05) is 0 Å². The van der Waals surface area contributed by atoms with Crippen LogP contribution in [-0.4, -0.2) is 54.3 Å². The molecular formula is C27H27F7N2O4. The molecule has 1 aliphatic rings. The second kappa shape index (κ2) is 11.8. The first-order valence-corrected chi connectivity index (χ1v) is 12.3. The average molecular weight is 577 g/mol. The maximum Gasteiger partial charge on any atom is 0.416 e. The van der Waals surface area contributed by atoms with E-state index in [2.05, 4.69) is 0 Å². The lowest BCUT2D eigenvalue weighted by Crippen LogP contribution is -2.49. The highest BCUT2D eigenvalue weighted by Gasteiger charge is 2.41. The number of piperidine rings is 1. The molecule has 0 aliphatic carbocycles. The van der Waals surface area contributed by atoms with Crippen molar-refractivity contribution in [1.82, 2.24) is 9.80 Å². The third-order valence-corrected chi connectivity index (χ3v) is 6.74. The molecule has 0 spiro atoms. The molecule has 0 bridgehead atoms. The fourth-order valence-electron chi connectivity index (χ4n) is 4.87. The molecule has 1 saturated heterocycles. The van der Waals surface area contributed by atoms with Crippen LogP contribution < -0.4 is 0 Å². The SMILES string of the molecule is CCOC(=O)C(=O)N1CC[C@@H](C(=O)N(C)Cc2cc(C(F)(F)F)cc(C(F)(F)F)c2)[C@H](c2ccc(F)cc2C)C1. The van der Waals surface area contributed by atoms with Gasteiger partial charge in [-0.05, 0) is 67.3 Å². The number of rotatable bonds is 5. The second-order valence-corrected chi connectivity index (χ2v) is 9.58. The van der Waals surface area contributed by atoms with E-state index in [4.69, 9.17) is 4.74 Å². The van der Waals surface area contributed by atoms with Crippen molar-refractivity contribution in [2.45, 2.75) is 45.1 Å². The predicted octanol–water partition coefficient (Wildman–Crippen LogP) is 5.33. The summed E-state index contributed by atoms with van der Waals surface area (Å²) in [5.74, 6) is -4.74. The third-order valence-electron chi connectivity index (χ3n) is 6.74. The highest BCUT2D eigenvalue weighted by molar-refractivity contribution is 6.32. The van der Waals surface area contributed by atoms with Crippen molar-refractivity contribution in [2.24, 2.45) is 5.92 Å². The van der Waals surface area contributed by atoms with Gasteiger partial charge in [0.05, 0.1) is 17.7 Å². The van der Waals surface area contributed by atoms with Crippen LogP contribution in [-0.2, 0) is 38.0 Å². The number of halogens is 7. The number of alkyl halides is 6. The van der Waals surface area contributed by atoms with E-state index in [0.29, 0.717) is 23.3 Å². The van der Waals surface area contributed by atoms with E-state index in [1.165, 1.54) is 37.1 Å². The molecule has 2 amide bonds. The molecule has 2 aromatic rings. The smallest absolute Gasteiger partial charge is 0.416 e. The zero-order chi connectivity index (χ0) is 30.0. The van der Waals surface area contributed by atoms with Crippen molar-refractivity contribution in [3.8, 4) is 0 Å². The van der Waals surface area contributed by atoms with Crippen molar-refractivity contribution in [3.63, 3.8) is 0 Å². The number of ether oxygens (including phenoxy) is 1. The molecule has 6 nitrogen and oxygen atoms in total. The molecule has 3 rings (SSSR count). The fourth-order valence-corrected chi connectivity index (χ4v) is 4.87. The van der Waals surface area contributed by atoms with E-state index in [9.17, 15) is 45.1 Å². The Morgan fingerprint density at radius 3 is 2.12 bits per heavy atom. The Bertz CT molecular complexity index is 1240. The molecule has 0 aromatic heterocycles. The number of aryl methyl sites for hydroxylation is 1. The van der Waals surface area contributed by atoms with Crippen LogP contribution >= 0.6 is 0 Å². The molecular weight excluding hydrogens is 549 g/mol. The molecule has 1 aliphatic heterocycles. The van der Waals surface area contributed by atoms with Crippen LogP contribution in [0, 0.1) is 18.7 Å². The summed E-state index contributed by atoms with van der Waals surface area (Å²) in [5.41, 5.74) is -2.40. The number of carbonyl (C=O) groups excluding carboxylic acids is 3. The molecule has 218 valence electrons. The summed E-state index contributed by atoms with van der Waals surface area (Å²) in [6.45, 7) is 2.39. The molecule has 0 saturated carbocycles. The number of benzene rings is 2. The van der Waals surface area contributed by atoms with Gasteiger partial charge in [0.1, 0.15) is 5.82 Å². The molecule has 0 radical (unpaired) electrons. The highest BCUT2D eigenvalue weighted by Crippen LogP contribution is 2.38. The van der Waals surface area contributed by atoms with E-state index in [-0.39, 0.29) is 37.7 Å². The van der Waals surface area contributed by atoms with Gasteiger partial charge in [-0.25, -0.2) is 9.18 Å². The van der Waals surface area contributed by atoms with Gasteiger partial charge < -0.3 is 14.5 Å². The number of hydrogen-bond donors (Lipinski definition) is 0. The molecule has 1 heterocycles. The highest BCUT2D eigenvalue weighted by atomic mass is 19.4. The lowest BCUT2D eigenvalue weighted by molar-refractivity contribution is -0.161. The number of carbonyl (C=O) groups is 3. The molecule has 1 fully saturated rings. The van der Waals surface area contributed by atoms with Crippen LogP contribution in [0.3, 0.4) is 0 Å². The van der Waals surface area contributed by atoms with E-state index in [1.54, 1.807) is 6.92 Å². The van der Waals surface area contributed by atoms with Crippen molar-refractivity contribution in [2.75, 3.05) is 26.7 Å². The zero-order valence-electron chi connectivity index (χ0n) is 21.8. The zero-order valence-corrected chi connectivity index (χ0v) is 21.8. The number of nitrogens with zero attached hydrogens (tertiary/aromatic N) is 2. The van der Waals surface area contributed by atoms with Crippen molar-refractivity contribution in [1.29, 1.82) is 0 Å². The third kappa shape index (κ3) is 7.11. The van der Waals surface area contributed by atoms with Crippen molar-refractivity contribution >= 4 is 17.8 Å². The maximum atomic E-state index is 13.8. The first-order chi connectivity index (χ1) is 18.5. The van der Waals surface area contributed by atoms with Crippen LogP contribution in [0.15, 0.2) is 36.4 Å². The fraction of sp³-hybridized carbons (Fsp3) is 0.444. The van der Waals surface area contributed by atoms with Crippen molar-refractivity contribution < 1.29 is 49.9 Å². The molecule has 2 atom stereocenters. The lowest BCUT2D eigenvalue weighted by Gasteiger charge is -2.39. The second-order valence-electron chi connectivity index (χ2n) is 9.58. The van der Waals surface area contributed by atoms with E-state index in [0.717, 1.165) is 4.90 Å². The number of esters is 1. The average Bonchev–Trinajstić information content (AvgIpc) is 2.86. The minimum absolute atomic E-state index is 0.00887. The summed E-state index contributed by atoms with van der Waals surface area (Å²) < 4.78 is 98.3. The maximum absolute atomic E-state index is 13.8. The molecule has 0 N–H and O–H groups in total. The molecule has 40 heavy (non-hydrogen) atoms. The van der Waals surface area contributed by atoms with Gasteiger partial charge in [0, 0.05) is 38.5 Å². The van der Waals surface area contributed by atoms with Crippen LogP contribution in [0.25, 0.3) is 0 Å². The summed E-state index contributed by atoms with van der Waals surface area (Å²) in [6, 6.07) is 4.96. The van der Waals surface area contributed by atoms with Gasteiger partial charge in [0.15, 0.2) is 0 Å². The van der Waals surface area contributed by atoms with Crippen LogP contribution in [0.2, 0.25) is 0 Å². The van der Waals surface area contributed by atoms with Crippen LogP contribution in [0.1, 0.15) is 47.1 Å².